The van der Waals surface area contributed by atoms with E-state index >= 15 is 0 Å². The molecule has 6 nitrogen and oxygen atoms in total. The molecule has 0 spiro atoms. The lowest BCUT2D eigenvalue weighted by atomic mass is 10.3. The molecule has 0 unspecified atom stereocenters. The summed E-state index contributed by atoms with van der Waals surface area (Å²) in [6.45, 7) is 1.83. The van der Waals surface area contributed by atoms with E-state index in [1.807, 2.05) is 6.92 Å². The van der Waals surface area contributed by atoms with Crippen molar-refractivity contribution in [2.75, 3.05) is 5.32 Å². The van der Waals surface area contributed by atoms with Crippen LogP contribution in [-0.4, -0.2) is 21.8 Å². The zero-order valence-corrected chi connectivity index (χ0v) is 11.1. The fraction of sp³-hybridized carbons (Fsp3) is 0.200. The summed E-state index contributed by atoms with van der Waals surface area (Å²) in [5.74, 6) is -0.757. The molecule has 18 heavy (non-hydrogen) atoms. The molecule has 0 aromatic carbocycles. The van der Waals surface area contributed by atoms with Crippen LogP contribution in [-0.2, 0) is 11.2 Å². The first-order valence-electron chi connectivity index (χ1n) is 5.01. The predicted molar refractivity (Wildman–Crippen MR) is 69.8 cm³/mol. The van der Waals surface area contributed by atoms with Gasteiger partial charge < -0.3 is 5.73 Å². The van der Waals surface area contributed by atoms with Gasteiger partial charge in [0.05, 0.1) is 17.1 Å². The summed E-state index contributed by atoms with van der Waals surface area (Å²) >= 11 is 2.65. The molecule has 2 heterocycles. The Balaban J connectivity index is 2.03. The summed E-state index contributed by atoms with van der Waals surface area (Å²) in [5, 5.41) is 7.26. The predicted octanol–water partition coefficient (Wildman–Crippen LogP) is 1.19. The van der Waals surface area contributed by atoms with Crippen LogP contribution in [0, 0.1) is 6.92 Å². The van der Waals surface area contributed by atoms with Gasteiger partial charge in [-0.2, -0.15) is 0 Å². The van der Waals surface area contributed by atoms with Gasteiger partial charge in [-0.15, -0.1) is 22.7 Å². The van der Waals surface area contributed by atoms with E-state index in [1.54, 1.807) is 10.8 Å². The number of aromatic nitrogens is 2. The largest absolute Gasteiger partial charge is 0.369 e. The smallest absolute Gasteiger partial charge is 0.276 e. The van der Waals surface area contributed by atoms with E-state index in [0.717, 1.165) is 5.01 Å². The first-order chi connectivity index (χ1) is 8.54. The molecular weight excluding hydrogens is 272 g/mol. The summed E-state index contributed by atoms with van der Waals surface area (Å²) in [6, 6.07) is 0. The van der Waals surface area contributed by atoms with E-state index in [-0.39, 0.29) is 12.3 Å². The first kappa shape index (κ1) is 12.7. The van der Waals surface area contributed by atoms with Crippen molar-refractivity contribution in [2.24, 2.45) is 5.73 Å². The minimum atomic E-state index is -0.451. The third kappa shape index (κ3) is 3.11. The molecule has 0 saturated carbocycles. The number of primary amides is 1. The lowest BCUT2D eigenvalue weighted by Gasteiger charge is -1.97. The van der Waals surface area contributed by atoms with E-state index < -0.39 is 5.91 Å². The van der Waals surface area contributed by atoms with Crippen molar-refractivity contribution in [3.05, 3.63) is 27.2 Å². The Kier molecular flexibility index (Phi) is 3.68. The van der Waals surface area contributed by atoms with Crippen molar-refractivity contribution in [3.8, 4) is 0 Å². The second-order valence-corrected chi connectivity index (χ2v) is 5.41. The highest BCUT2D eigenvalue weighted by Crippen LogP contribution is 2.17. The summed E-state index contributed by atoms with van der Waals surface area (Å²) < 4.78 is 0. The Bertz CT molecular complexity index is 590. The fourth-order valence-electron chi connectivity index (χ4n) is 1.25. The minimum Gasteiger partial charge on any atom is -0.369 e. The van der Waals surface area contributed by atoms with Gasteiger partial charge in [0.15, 0.2) is 5.13 Å². The van der Waals surface area contributed by atoms with Crippen molar-refractivity contribution >= 4 is 39.6 Å². The number of nitrogens with one attached hydrogen (secondary N) is 1. The third-order valence-corrected chi connectivity index (χ3v) is 3.56. The maximum atomic E-state index is 11.8. The van der Waals surface area contributed by atoms with Crippen LogP contribution in [0.5, 0.6) is 0 Å². The lowest BCUT2D eigenvalue weighted by molar-refractivity contribution is -0.117. The van der Waals surface area contributed by atoms with Crippen molar-refractivity contribution in [3.63, 3.8) is 0 Å². The number of aryl methyl sites for hydroxylation is 1. The Labute approximate surface area is 111 Å². The number of rotatable bonds is 4. The van der Waals surface area contributed by atoms with Crippen molar-refractivity contribution in [1.29, 1.82) is 0 Å². The average Bonchev–Trinajstić information content (AvgIpc) is 2.87. The molecule has 3 N–H and O–H groups in total. The highest BCUT2D eigenvalue weighted by molar-refractivity contribution is 7.14. The zero-order chi connectivity index (χ0) is 13.1. The van der Waals surface area contributed by atoms with E-state index in [4.69, 9.17) is 5.73 Å². The van der Waals surface area contributed by atoms with Crippen LogP contribution in [0.25, 0.3) is 0 Å². The molecule has 0 aliphatic rings. The molecule has 0 atom stereocenters. The number of hydrogen-bond acceptors (Lipinski definition) is 6. The monoisotopic (exact) mass is 282 g/mol. The van der Waals surface area contributed by atoms with Gasteiger partial charge >= 0.3 is 0 Å². The number of carbonyl (C=O) groups is 2. The van der Waals surface area contributed by atoms with Crippen molar-refractivity contribution in [2.45, 2.75) is 13.3 Å². The van der Waals surface area contributed by atoms with Gasteiger partial charge in [-0.05, 0) is 6.92 Å². The molecule has 0 bridgehead atoms. The van der Waals surface area contributed by atoms with Gasteiger partial charge in [-0.3, -0.25) is 14.9 Å². The van der Waals surface area contributed by atoms with E-state index in [9.17, 15) is 9.59 Å². The van der Waals surface area contributed by atoms with Crippen LogP contribution < -0.4 is 11.1 Å². The topological polar surface area (TPSA) is 98.0 Å². The molecule has 2 rings (SSSR count). The molecule has 94 valence electrons. The number of hydrogen-bond donors (Lipinski definition) is 2. The van der Waals surface area contributed by atoms with E-state index in [2.05, 4.69) is 15.3 Å². The molecule has 0 fully saturated rings. The van der Waals surface area contributed by atoms with Crippen molar-refractivity contribution < 1.29 is 9.59 Å². The molecule has 0 saturated heterocycles. The number of thiazole rings is 2. The summed E-state index contributed by atoms with van der Waals surface area (Å²) in [6.07, 6.45) is 0.0716. The van der Waals surface area contributed by atoms with Crippen LogP contribution in [0.1, 0.15) is 21.2 Å². The second kappa shape index (κ2) is 5.23. The molecule has 0 aliphatic heterocycles. The normalized spacial score (nSPS) is 10.3. The summed E-state index contributed by atoms with van der Waals surface area (Å²) in [5.41, 5.74) is 5.98. The van der Waals surface area contributed by atoms with Crippen LogP contribution in [0.15, 0.2) is 10.8 Å². The van der Waals surface area contributed by atoms with Crippen LogP contribution >= 0.6 is 22.7 Å². The molecule has 2 aromatic heterocycles. The quantitative estimate of drug-likeness (QED) is 0.880. The number of anilines is 1. The summed E-state index contributed by atoms with van der Waals surface area (Å²) in [4.78, 5) is 30.6. The van der Waals surface area contributed by atoms with Crippen LogP contribution in [0.2, 0.25) is 0 Å². The maximum absolute atomic E-state index is 11.8. The molecule has 2 amide bonds. The summed E-state index contributed by atoms with van der Waals surface area (Å²) in [7, 11) is 0. The van der Waals surface area contributed by atoms with E-state index in [1.165, 1.54) is 22.7 Å². The first-order valence-corrected chi connectivity index (χ1v) is 6.76. The SMILES string of the molecule is Cc1nc(C(=O)Nc2nc(CC(N)=O)cs2)cs1. The maximum Gasteiger partial charge on any atom is 0.276 e. The number of carbonyl (C=O) groups excluding carboxylic acids is 2. The standard InChI is InChI=1S/C10H10N4O2S2/c1-5-12-7(4-17-5)9(16)14-10-13-6(3-18-10)2-8(11)15/h3-4H,2H2,1H3,(H2,11,15)(H,13,14,16). The molecule has 0 aliphatic carbocycles. The molecule has 8 heteroatoms. The van der Waals surface area contributed by atoms with Gasteiger partial charge in [0.2, 0.25) is 5.91 Å². The third-order valence-electron chi connectivity index (χ3n) is 1.98. The molecule has 0 radical (unpaired) electrons. The Morgan fingerprint density at radius 2 is 2.11 bits per heavy atom. The highest BCUT2D eigenvalue weighted by Gasteiger charge is 2.12. The second-order valence-electron chi connectivity index (χ2n) is 3.49. The number of nitrogens with two attached hydrogens (primary N) is 1. The zero-order valence-electron chi connectivity index (χ0n) is 9.47. The average molecular weight is 282 g/mol. The molecular formula is C10H10N4O2S2. The van der Waals surface area contributed by atoms with Gasteiger partial charge in [-0.25, -0.2) is 9.97 Å². The Morgan fingerprint density at radius 3 is 2.72 bits per heavy atom. The van der Waals surface area contributed by atoms with E-state index in [0.29, 0.717) is 16.5 Å². The van der Waals surface area contributed by atoms with Gasteiger partial charge in [0.25, 0.3) is 5.91 Å². The lowest BCUT2D eigenvalue weighted by Crippen LogP contribution is -2.14. The van der Waals surface area contributed by atoms with Crippen LogP contribution in [0.4, 0.5) is 5.13 Å². The van der Waals surface area contributed by atoms with Gasteiger partial charge in [0.1, 0.15) is 5.69 Å². The minimum absolute atomic E-state index is 0.0716. The Morgan fingerprint density at radius 1 is 1.33 bits per heavy atom. The van der Waals surface area contributed by atoms with Crippen LogP contribution in [0.3, 0.4) is 0 Å². The molecule has 2 aromatic rings. The fourth-order valence-corrected chi connectivity index (χ4v) is 2.55. The highest BCUT2D eigenvalue weighted by atomic mass is 32.1. The van der Waals surface area contributed by atoms with Gasteiger partial charge in [-0.1, -0.05) is 0 Å². The number of amides is 2. The van der Waals surface area contributed by atoms with Gasteiger partial charge in [0, 0.05) is 10.8 Å². The Hall–Kier alpha value is -1.80. The van der Waals surface area contributed by atoms with Crippen molar-refractivity contribution in [1.82, 2.24) is 9.97 Å². The number of nitrogens with zero attached hydrogens (tertiary/aromatic N) is 2.